The molecule has 3 nitrogen and oxygen atoms in total. The number of alkyl halides is 3. The largest absolute Gasteiger partial charge is 0.491 e. The lowest BCUT2D eigenvalue weighted by Crippen LogP contribution is -2.43. The van der Waals surface area contributed by atoms with Gasteiger partial charge in [-0.25, -0.2) is 0 Å². The van der Waals surface area contributed by atoms with E-state index in [1.165, 1.54) is 6.07 Å². The van der Waals surface area contributed by atoms with Crippen LogP contribution in [0.3, 0.4) is 0 Å². The maximum absolute atomic E-state index is 13.5. The van der Waals surface area contributed by atoms with E-state index in [-0.39, 0.29) is 12.4 Å². The van der Waals surface area contributed by atoms with Crippen LogP contribution in [0.25, 0.3) is 11.1 Å². The second-order valence-corrected chi connectivity index (χ2v) is 6.99. The molecule has 0 saturated heterocycles. The number of halogens is 3. The molecule has 6 heteroatoms. The molecule has 0 aliphatic carbocycles. The number of nitrogens with zero attached hydrogens (tertiary/aromatic N) is 1. The highest BCUT2D eigenvalue weighted by molar-refractivity contribution is 5.65. The molecule has 2 N–H and O–H groups in total. The first kappa shape index (κ1) is 19.2. The summed E-state index contributed by atoms with van der Waals surface area (Å²) in [5.74, 6) is 0.125. The first-order valence-electron chi connectivity index (χ1n) is 8.12. The predicted octanol–water partition coefficient (Wildman–Crippen LogP) is 4.91. The number of benzene rings is 1. The maximum atomic E-state index is 13.5. The van der Waals surface area contributed by atoms with Gasteiger partial charge in [-0.05, 0) is 54.7 Å². The summed E-state index contributed by atoms with van der Waals surface area (Å²) < 4.78 is 45.8. The van der Waals surface area contributed by atoms with Crippen LogP contribution >= 0.6 is 0 Å². The van der Waals surface area contributed by atoms with Crippen LogP contribution in [0.2, 0.25) is 0 Å². The van der Waals surface area contributed by atoms with Crippen molar-refractivity contribution in [2.24, 2.45) is 11.7 Å². The Bertz CT molecular complexity index is 698. The van der Waals surface area contributed by atoms with Crippen LogP contribution in [0.1, 0.15) is 32.8 Å². The van der Waals surface area contributed by atoms with Crippen molar-refractivity contribution in [2.75, 3.05) is 6.61 Å². The molecule has 2 aromatic rings. The minimum atomic E-state index is -4.51. The molecule has 1 unspecified atom stereocenters. The lowest BCUT2D eigenvalue weighted by molar-refractivity contribution is -0.139. The predicted molar refractivity (Wildman–Crippen MR) is 92.2 cm³/mol. The van der Waals surface area contributed by atoms with E-state index in [4.69, 9.17) is 10.5 Å². The molecule has 2 rings (SSSR count). The molecule has 0 aliphatic rings. The Morgan fingerprint density at radius 1 is 1.08 bits per heavy atom. The Morgan fingerprint density at radius 2 is 1.72 bits per heavy atom. The number of pyridine rings is 1. The first-order chi connectivity index (χ1) is 11.6. The molecule has 0 aliphatic heterocycles. The lowest BCUT2D eigenvalue weighted by Gasteiger charge is -2.27. The zero-order valence-electron chi connectivity index (χ0n) is 14.6. The van der Waals surface area contributed by atoms with E-state index < -0.39 is 17.3 Å². The molecule has 1 atom stereocenters. The lowest BCUT2D eigenvalue weighted by atomic mass is 9.93. The second kappa shape index (κ2) is 7.44. The summed E-state index contributed by atoms with van der Waals surface area (Å²) >= 11 is 0. The number of hydrogen-bond donors (Lipinski definition) is 1. The van der Waals surface area contributed by atoms with Crippen molar-refractivity contribution in [3.05, 3.63) is 48.3 Å². The zero-order chi connectivity index (χ0) is 18.7. The molecule has 136 valence electrons. The van der Waals surface area contributed by atoms with Crippen molar-refractivity contribution < 1.29 is 17.9 Å². The fourth-order valence-corrected chi connectivity index (χ4v) is 2.84. The molecule has 0 saturated carbocycles. The standard InChI is InChI=1S/C19H23F3N2O/c1-13(2)11-18(3,23)12-25-17-5-4-15(10-16(17)19(20,21)22)14-6-8-24-9-7-14/h4-10,13H,11-12,23H2,1-3H3. The highest BCUT2D eigenvalue weighted by Crippen LogP contribution is 2.39. The van der Waals surface area contributed by atoms with E-state index >= 15 is 0 Å². The highest BCUT2D eigenvalue weighted by atomic mass is 19.4. The van der Waals surface area contributed by atoms with Crippen LogP contribution < -0.4 is 10.5 Å². The van der Waals surface area contributed by atoms with Gasteiger partial charge in [0, 0.05) is 17.9 Å². The van der Waals surface area contributed by atoms with E-state index in [1.54, 1.807) is 37.5 Å². The fourth-order valence-electron chi connectivity index (χ4n) is 2.84. The Balaban J connectivity index is 2.29. The van der Waals surface area contributed by atoms with E-state index in [0.717, 1.165) is 6.07 Å². The first-order valence-corrected chi connectivity index (χ1v) is 8.12. The minimum absolute atomic E-state index is 0.0167. The SMILES string of the molecule is CC(C)CC(C)(N)COc1ccc(-c2ccncc2)cc1C(F)(F)F. The summed E-state index contributed by atoms with van der Waals surface area (Å²) in [6.07, 6.45) is -0.775. The third kappa shape index (κ3) is 5.46. The van der Waals surface area contributed by atoms with Gasteiger partial charge >= 0.3 is 6.18 Å². The van der Waals surface area contributed by atoms with Gasteiger partial charge in [-0.1, -0.05) is 19.9 Å². The molecule has 0 bridgehead atoms. The highest BCUT2D eigenvalue weighted by Gasteiger charge is 2.35. The molecular weight excluding hydrogens is 329 g/mol. The van der Waals surface area contributed by atoms with Crippen LogP contribution in [0.5, 0.6) is 5.75 Å². The third-order valence-corrected chi connectivity index (χ3v) is 3.73. The van der Waals surface area contributed by atoms with Gasteiger partial charge in [0.2, 0.25) is 0 Å². The number of ether oxygens (including phenoxy) is 1. The van der Waals surface area contributed by atoms with Gasteiger partial charge in [-0.15, -0.1) is 0 Å². The maximum Gasteiger partial charge on any atom is 0.419 e. The van der Waals surface area contributed by atoms with Crippen molar-refractivity contribution in [3.8, 4) is 16.9 Å². The molecule has 1 aromatic carbocycles. The van der Waals surface area contributed by atoms with Gasteiger partial charge in [0.25, 0.3) is 0 Å². The quantitative estimate of drug-likeness (QED) is 0.803. The molecule has 0 fully saturated rings. The molecule has 0 spiro atoms. The summed E-state index contributed by atoms with van der Waals surface area (Å²) in [4.78, 5) is 3.88. The molecule has 0 radical (unpaired) electrons. The molecule has 1 aromatic heterocycles. The van der Waals surface area contributed by atoms with Crippen molar-refractivity contribution in [1.82, 2.24) is 4.98 Å². The fraction of sp³-hybridized carbons (Fsp3) is 0.421. The third-order valence-electron chi connectivity index (χ3n) is 3.73. The summed E-state index contributed by atoms with van der Waals surface area (Å²) in [6.45, 7) is 5.82. The summed E-state index contributed by atoms with van der Waals surface area (Å²) in [5, 5.41) is 0. The van der Waals surface area contributed by atoms with Crippen molar-refractivity contribution in [1.29, 1.82) is 0 Å². The van der Waals surface area contributed by atoms with E-state index in [0.29, 0.717) is 23.5 Å². The van der Waals surface area contributed by atoms with Crippen LogP contribution in [0.15, 0.2) is 42.7 Å². The number of aromatic nitrogens is 1. The van der Waals surface area contributed by atoms with Crippen LogP contribution in [-0.4, -0.2) is 17.1 Å². The van der Waals surface area contributed by atoms with Crippen LogP contribution in [-0.2, 0) is 6.18 Å². The zero-order valence-corrected chi connectivity index (χ0v) is 14.6. The second-order valence-electron chi connectivity index (χ2n) is 6.99. The Labute approximate surface area is 146 Å². The van der Waals surface area contributed by atoms with Gasteiger partial charge < -0.3 is 10.5 Å². The normalized spacial score (nSPS) is 14.4. The number of hydrogen-bond acceptors (Lipinski definition) is 3. The Kier molecular flexibility index (Phi) is 5.72. The Hall–Kier alpha value is -2.08. The van der Waals surface area contributed by atoms with Crippen molar-refractivity contribution in [3.63, 3.8) is 0 Å². The molecule has 25 heavy (non-hydrogen) atoms. The average Bonchev–Trinajstić information content (AvgIpc) is 2.51. The van der Waals surface area contributed by atoms with Gasteiger partial charge in [0.1, 0.15) is 12.4 Å². The van der Waals surface area contributed by atoms with E-state index in [1.807, 2.05) is 13.8 Å². The van der Waals surface area contributed by atoms with Crippen molar-refractivity contribution in [2.45, 2.75) is 38.9 Å². The van der Waals surface area contributed by atoms with Crippen LogP contribution in [0.4, 0.5) is 13.2 Å². The molecule has 1 heterocycles. The van der Waals surface area contributed by atoms with Gasteiger partial charge in [0.15, 0.2) is 0 Å². The van der Waals surface area contributed by atoms with Gasteiger partial charge in [0.05, 0.1) is 5.56 Å². The van der Waals surface area contributed by atoms with Gasteiger partial charge in [-0.2, -0.15) is 13.2 Å². The molecule has 0 amide bonds. The summed E-state index contributed by atoms with van der Waals surface area (Å²) in [7, 11) is 0. The molecular formula is C19H23F3N2O. The van der Waals surface area contributed by atoms with Gasteiger partial charge in [-0.3, -0.25) is 4.98 Å². The minimum Gasteiger partial charge on any atom is -0.491 e. The summed E-state index contributed by atoms with van der Waals surface area (Å²) in [5.41, 5.74) is 5.76. The number of nitrogens with two attached hydrogens (primary N) is 1. The monoisotopic (exact) mass is 352 g/mol. The average molecular weight is 352 g/mol. The smallest absolute Gasteiger partial charge is 0.419 e. The van der Waals surface area contributed by atoms with E-state index in [2.05, 4.69) is 4.98 Å². The van der Waals surface area contributed by atoms with Crippen LogP contribution in [0, 0.1) is 5.92 Å². The van der Waals surface area contributed by atoms with E-state index in [9.17, 15) is 13.2 Å². The topological polar surface area (TPSA) is 48.1 Å². The Morgan fingerprint density at radius 3 is 2.28 bits per heavy atom. The van der Waals surface area contributed by atoms with Crippen molar-refractivity contribution >= 4 is 0 Å². The summed E-state index contributed by atoms with van der Waals surface area (Å²) in [6, 6.07) is 7.38. The number of rotatable bonds is 6.